The lowest BCUT2D eigenvalue weighted by Gasteiger charge is -2.08. The van der Waals surface area contributed by atoms with E-state index in [1.807, 2.05) is 0 Å². The molecule has 22 heavy (non-hydrogen) atoms. The monoisotopic (exact) mass is 305 g/mol. The highest BCUT2D eigenvalue weighted by molar-refractivity contribution is 6.13. The predicted octanol–water partition coefficient (Wildman–Crippen LogP) is 3.23. The van der Waals surface area contributed by atoms with Gasteiger partial charge in [-0.05, 0) is 24.3 Å². The SMILES string of the molecule is O=C1OC(c2ccccc2OC(F)F)=N/C1=C/c1ccco1. The van der Waals surface area contributed by atoms with Crippen molar-refractivity contribution in [3.63, 3.8) is 0 Å². The molecule has 0 amide bonds. The highest BCUT2D eigenvalue weighted by atomic mass is 19.3. The van der Waals surface area contributed by atoms with Gasteiger partial charge in [0, 0.05) is 6.08 Å². The molecule has 0 unspecified atom stereocenters. The molecule has 0 aliphatic carbocycles. The van der Waals surface area contributed by atoms with Crippen LogP contribution in [0.3, 0.4) is 0 Å². The van der Waals surface area contributed by atoms with Gasteiger partial charge in [0.1, 0.15) is 11.5 Å². The topological polar surface area (TPSA) is 61.0 Å². The lowest BCUT2D eigenvalue weighted by Crippen LogP contribution is -2.10. The van der Waals surface area contributed by atoms with Crippen LogP contribution in [0.5, 0.6) is 5.75 Å². The molecule has 112 valence electrons. The number of hydrogen-bond donors (Lipinski definition) is 0. The fourth-order valence-electron chi connectivity index (χ4n) is 1.87. The highest BCUT2D eigenvalue weighted by Gasteiger charge is 2.27. The van der Waals surface area contributed by atoms with Crippen LogP contribution in [0, 0.1) is 0 Å². The molecule has 0 N–H and O–H groups in total. The van der Waals surface area contributed by atoms with E-state index < -0.39 is 12.6 Å². The van der Waals surface area contributed by atoms with Gasteiger partial charge in [-0.1, -0.05) is 12.1 Å². The van der Waals surface area contributed by atoms with Crippen molar-refractivity contribution in [1.29, 1.82) is 0 Å². The first kappa shape index (κ1) is 14.0. The van der Waals surface area contributed by atoms with Crippen LogP contribution in [0.1, 0.15) is 11.3 Å². The molecule has 0 atom stereocenters. The smallest absolute Gasteiger partial charge is 0.387 e. The number of para-hydroxylation sites is 1. The number of carbonyl (C=O) groups is 1. The molecule has 7 heteroatoms. The minimum atomic E-state index is -2.99. The Balaban J connectivity index is 1.95. The van der Waals surface area contributed by atoms with Crippen LogP contribution in [0.25, 0.3) is 6.08 Å². The van der Waals surface area contributed by atoms with Gasteiger partial charge >= 0.3 is 12.6 Å². The van der Waals surface area contributed by atoms with Gasteiger partial charge in [-0.2, -0.15) is 8.78 Å². The van der Waals surface area contributed by atoms with Crippen molar-refractivity contribution in [2.24, 2.45) is 4.99 Å². The predicted molar refractivity (Wildman–Crippen MR) is 72.4 cm³/mol. The molecule has 0 bridgehead atoms. The van der Waals surface area contributed by atoms with Crippen molar-refractivity contribution < 1.29 is 27.5 Å². The first-order valence-corrected chi connectivity index (χ1v) is 6.24. The van der Waals surface area contributed by atoms with Crippen molar-refractivity contribution in [3.05, 3.63) is 59.7 Å². The third-order valence-corrected chi connectivity index (χ3v) is 2.78. The summed E-state index contributed by atoms with van der Waals surface area (Å²) in [5, 5.41) is 0. The summed E-state index contributed by atoms with van der Waals surface area (Å²) in [6, 6.07) is 9.23. The van der Waals surface area contributed by atoms with Gasteiger partial charge in [-0.15, -0.1) is 0 Å². The summed E-state index contributed by atoms with van der Waals surface area (Å²) in [7, 11) is 0. The maximum Gasteiger partial charge on any atom is 0.387 e. The fourth-order valence-corrected chi connectivity index (χ4v) is 1.87. The Kier molecular flexibility index (Phi) is 3.69. The van der Waals surface area contributed by atoms with Gasteiger partial charge in [-0.3, -0.25) is 0 Å². The maximum atomic E-state index is 12.4. The zero-order valence-electron chi connectivity index (χ0n) is 11.0. The second-order valence-corrected chi connectivity index (χ2v) is 4.23. The van der Waals surface area contributed by atoms with Crippen molar-refractivity contribution in [3.8, 4) is 5.75 Å². The first-order chi connectivity index (χ1) is 10.6. The molecular weight excluding hydrogens is 296 g/mol. The van der Waals surface area contributed by atoms with E-state index in [0.717, 1.165) is 0 Å². The standard InChI is InChI=1S/C15H9F2NO4/c16-15(17)21-12-6-2-1-5-10(12)13-18-11(14(19)22-13)8-9-4-3-7-20-9/h1-8,15H/b11-8+. The largest absolute Gasteiger partial charge is 0.465 e. The van der Waals surface area contributed by atoms with Crippen LogP contribution in [-0.4, -0.2) is 18.5 Å². The Morgan fingerprint density at radius 1 is 1.18 bits per heavy atom. The lowest BCUT2D eigenvalue weighted by molar-refractivity contribution is -0.129. The number of esters is 1. The molecule has 1 aliphatic rings. The van der Waals surface area contributed by atoms with Crippen LogP contribution in [-0.2, 0) is 9.53 Å². The van der Waals surface area contributed by atoms with E-state index in [1.165, 1.54) is 30.5 Å². The zero-order chi connectivity index (χ0) is 15.5. The summed E-state index contributed by atoms with van der Waals surface area (Å²) in [6.45, 7) is -2.99. The van der Waals surface area contributed by atoms with Gasteiger partial charge in [0.05, 0.1) is 11.8 Å². The molecule has 0 saturated carbocycles. The van der Waals surface area contributed by atoms with E-state index >= 15 is 0 Å². The minimum Gasteiger partial charge on any atom is -0.465 e. The third kappa shape index (κ3) is 2.88. The van der Waals surface area contributed by atoms with E-state index in [2.05, 4.69) is 9.73 Å². The number of hydrogen-bond acceptors (Lipinski definition) is 5. The number of cyclic esters (lactones) is 1. The van der Waals surface area contributed by atoms with Crippen molar-refractivity contribution in [2.75, 3.05) is 0 Å². The van der Waals surface area contributed by atoms with E-state index in [-0.39, 0.29) is 22.9 Å². The normalized spacial score (nSPS) is 16.0. The molecule has 3 rings (SSSR count). The van der Waals surface area contributed by atoms with Gasteiger partial charge in [-0.25, -0.2) is 9.79 Å². The lowest BCUT2D eigenvalue weighted by atomic mass is 10.2. The average Bonchev–Trinajstić information content (AvgIpc) is 3.10. The molecule has 0 spiro atoms. The van der Waals surface area contributed by atoms with E-state index in [4.69, 9.17) is 9.15 Å². The summed E-state index contributed by atoms with van der Waals surface area (Å²) in [6.07, 6.45) is 2.84. The fraction of sp³-hybridized carbons (Fsp3) is 0.0667. The molecule has 0 saturated heterocycles. The second-order valence-electron chi connectivity index (χ2n) is 4.23. The summed E-state index contributed by atoms with van der Waals surface area (Å²) in [4.78, 5) is 15.8. The maximum absolute atomic E-state index is 12.4. The molecule has 5 nitrogen and oxygen atoms in total. The van der Waals surface area contributed by atoms with Crippen LogP contribution < -0.4 is 4.74 Å². The van der Waals surface area contributed by atoms with E-state index in [9.17, 15) is 13.6 Å². The average molecular weight is 305 g/mol. The summed E-state index contributed by atoms with van der Waals surface area (Å²) in [5.41, 5.74) is 0.177. The Morgan fingerprint density at radius 2 is 2.00 bits per heavy atom. The molecule has 1 aromatic carbocycles. The first-order valence-electron chi connectivity index (χ1n) is 6.24. The van der Waals surface area contributed by atoms with Crippen LogP contribution in [0.4, 0.5) is 8.78 Å². The van der Waals surface area contributed by atoms with Gasteiger partial charge in [0.2, 0.25) is 5.90 Å². The Labute approximate surface area is 123 Å². The molecule has 1 aliphatic heterocycles. The number of rotatable bonds is 4. The van der Waals surface area contributed by atoms with E-state index in [1.54, 1.807) is 18.2 Å². The minimum absolute atomic E-state index is 0.0109. The number of aliphatic imine (C=N–C) groups is 1. The number of furan rings is 1. The van der Waals surface area contributed by atoms with Crippen molar-refractivity contribution in [1.82, 2.24) is 0 Å². The van der Waals surface area contributed by atoms with Crippen molar-refractivity contribution in [2.45, 2.75) is 6.61 Å². The molecular formula is C15H9F2NO4. The van der Waals surface area contributed by atoms with Crippen LogP contribution >= 0.6 is 0 Å². The summed E-state index contributed by atoms with van der Waals surface area (Å²) < 4.78 is 39.3. The Morgan fingerprint density at radius 3 is 2.73 bits per heavy atom. The molecule has 1 aromatic heterocycles. The number of ether oxygens (including phenoxy) is 2. The van der Waals surface area contributed by atoms with Gasteiger partial charge in [0.15, 0.2) is 5.70 Å². The Bertz CT molecular complexity index is 751. The second kappa shape index (κ2) is 5.80. The summed E-state index contributed by atoms with van der Waals surface area (Å²) in [5.74, 6) is -0.491. The summed E-state index contributed by atoms with van der Waals surface area (Å²) >= 11 is 0. The number of nitrogens with zero attached hydrogens (tertiary/aromatic N) is 1. The zero-order valence-corrected chi connectivity index (χ0v) is 11.0. The quantitative estimate of drug-likeness (QED) is 0.643. The van der Waals surface area contributed by atoms with Crippen LogP contribution in [0.2, 0.25) is 0 Å². The van der Waals surface area contributed by atoms with Crippen molar-refractivity contribution >= 4 is 17.9 Å². The number of alkyl halides is 2. The number of halogens is 2. The highest BCUT2D eigenvalue weighted by Crippen LogP contribution is 2.26. The van der Waals surface area contributed by atoms with Crippen LogP contribution in [0.15, 0.2) is 57.8 Å². The van der Waals surface area contributed by atoms with E-state index in [0.29, 0.717) is 5.76 Å². The Hall–Kier alpha value is -2.96. The molecule has 0 fully saturated rings. The molecule has 2 aromatic rings. The molecule has 2 heterocycles. The number of carbonyl (C=O) groups excluding carboxylic acids is 1. The van der Waals surface area contributed by atoms with Gasteiger partial charge in [0.25, 0.3) is 0 Å². The molecule has 0 radical (unpaired) electrons. The number of benzene rings is 1. The van der Waals surface area contributed by atoms with Gasteiger partial charge < -0.3 is 13.9 Å². The third-order valence-electron chi connectivity index (χ3n) is 2.78.